The van der Waals surface area contributed by atoms with Gasteiger partial charge < -0.3 is 20.1 Å². The molecule has 1 aliphatic rings. The van der Waals surface area contributed by atoms with Crippen LogP contribution in [-0.2, 0) is 0 Å². The van der Waals surface area contributed by atoms with Gasteiger partial charge >= 0.3 is 0 Å². The van der Waals surface area contributed by atoms with Crippen LogP contribution in [-0.4, -0.2) is 20.1 Å². The maximum absolute atomic E-state index is 13.1. The number of thioether (sulfide) groups is 1. The van der Waals surface area contributed by atoms with Crippen molar-refractivity contribution in [3.05, 3.63) is 101 Å². The molecule has 0 radical (unpaired) electrons. The fourth-order valence-corrected chi connectivity index (χ4v) is 4.40. The molecule has 0 aromatic heterocycles. The Morgan fingerprint density at radius 3 is 2.30 bits per heavy atom. The van der Waals surface area contributed by atoms with Crippen molar-refractivity contribution < 1.29 is 14.3 Å². The fraction of sp³-hybridized carbons (Fsp3) is 0.125. The number of carbonyl (C=O) groups is 1. The molecule has 1 unspecified atom stereocenters. The molecule has 0 spiro atoms. The Morgan fingerprint density at radius 2 is 1.63 bits per heavy atom. The van der Waals surface area contributed by atoms with Gasteiger partial charge in [-0.05, 0) is 17.7 Å². The molecule has 0 aliphatic carbocycles. The highest BCUT2D eigenvalue weighted by Crippen LogP contribution is 2.42. The Bertz CT molecular complexity index is 1070. The normalized spacial score (nSPS) is 15.5. The van der Waals surface area contributed by atoms with Gasteiger partial charge in [-0.3, -0.25) is 4.79 Å². The van der Waals surface area contributed by atoms with E-state index in [1.54, 1.807) is 37.1 Å². The number of benzene rings is 3. The van der Waals surface area contributed by atoms with E-state index in [0.717, 1.165) is 21.9 Å². The maximum Gasteiger partial charge on any atom is 0.259 e. The molecule has 4 rings (SSSR count). The van der Waals surface area contributed by atoms with E-state index >= 15 is 0 Å². The summed E-state index contributed by atoms with van der Waals surface area (Å²) in [6.07, 6.45) is 0. The van der Waals surface area contributed by atoms with E-state index in [1.165, 1.54) is 7.11 Å². The third kappa shape index (κ3) is 4.14. The molecule has 1 heterocycles. The number of amides is 1. The maximum atomic E-state index is 13.1. The molecule has 0 saturated carbocycles. The van der Waals surface area contributed by atoms with E-state index in [1.807, 2.05) is 48.5 Å². The highest BCUT2D eigenvalue weighted by atomic mass is 32.2. The van der Waals surface area contributed by atoms with E-state index in [0.29, 0.717) is 17.1 Å². The van der Waals surface area contributed by atoms with E-state index in [2.05, 4.69) is 22.8 Å². The fourth-order valence-electron chi connectivity index (χ4n) is 3.25. The van der Waals surface area contributed by atoms with Gasteiger partial charge in [0.2, 0.25) is 0 Å². The molecule has 30 heavy (non-hydrogen) atoms. The van der Waals surface area contributed by atoms with E-state index < -0.39 is 0 Å². The zero-order valence-corrected chi connectivity index (χ0v) is 17.5. The molecule has 1 amide bonds. The third-order valence-electron chi connectivity index (χ3n) is 4.78. The number of ether oxygens (including phenoxy) is 2. The molecular formula is C24H22N2O3S. The van der Waals surface area contributed by atoms with Crippen molar-refractivity contribution in [3.63, 3.8) is 0 Å². The topological polar surface area (TPSA) is 59.6 Å². The molecule has 1 aliphatic heterocycles. The first-order valence-electron chi connectivity index (χ1n) is 9.51. The molecule has 5 nitrogen and oxygen atoms in total. The summed E-state index contributed by atoms with van der Waals surface area (Å²) in [5.74, 6) is 0.860. The van der Waals surface area contributed by atoms with Crippen LogP contribution in [0.15, 0.2) is 83.9 Å². The first-order chi connectivity index (χ1) is 14.7. The van der Waals surface area contributed by atoms with Gasteiger partial charge in [0.25, 0.3) is 5.91 Å². The molecule has 0 fully saturated rings. The number of carbonyl (C=O) groups excluding carboxylic acids is 1. The summed E-state index contributed by atoms with van der Waals surface area (Å²) in [6.45, 7) is 0. The van der Waals surface area contributed by atoms with Gasteiger partial charge in [-0.2, -0.15) is 0 Å². The SMILES string of the molecule is COc1ccc(C(=O)NC2=C(c3ccccc3)NC(c3ccccc3)S2)c(OC)c1. The Morgan fingerprint density at radius 1 is 0.933 bits per heavy atom. The minimum atomic E-state index is -0.235. The van der Waals surface area contributed by atoms with Crippen molar-refractivity contribution in [2.45, 2.75) is 5.37 Å². The summed E-state index contributed by atoms with van der Waals surface area (Å²) in [5.41, 5.74) is 3.50. The smallest absolute Gasteiger partial charge is 0.259 e. The minimum absolute atomic E-state index is 0.00877. The largest absolute Gasteiger partial charge is 0.497 e. The Hall–Kier alpha value is -3.38. The number of rotatable bonds is 6. The van der Waals surface area contributed by atoms with Gasteiger partial charge in [-0.15, -0.1) is 0 Å². The summed E-state index contributed by atoms with van der Waals surface area (Å²) in [4.78, 5) is 13.1. The predicted octanol–water partition coefficient (Wildman–Crippen LogP) is 4.80. The quantitative estimate of drug-likeness (QED) is 0.602. The number of nitrogens with one attached hydrogen (secondary N) is 2. The third-order valence-corrected chi connectivity index (χ3v) is 5.95. The van der Waals surface area contributed by atoms with E-state index in [-0.39, 0.29) is 11.3 Å². The Labute approximate surface area is 180 Å². The lowest BCUT2D eigenvalue weighted by molar-refractivity contribution is 0.0966. The molecule has 1 atom stereocenters. The summed E-state index contributed by atoms with van der Waals surface area (Å²) in [6, 6.07) is 25.3. The van der Waals surface area contributed by atoms with Crippen LogP contribution in [0.2, 0.25) is 0 Å². The molecule has 0 saturated heterocycles. The lowest BCUT2D eigenvalue weighted by atomic mass is 10.1. The van der Waals surface area contributed by atoms with Crippen LogP contribution in [0, 0.1) is 0 Å². The van der Waals surface area contributed by atoms with Gasteiger partial charge in [0, 0.05) is 11.6 Å². The van der Waals surface area contributed by atoms with Crippen LogP contribution < -0.4 is 20.1 Å². The van der Waals surface area contributed by atoms with Crippen molar-refractivity contribution in [2.24, 2.45) is 0 Å². The molecule has 6 heteroatoms. The molecular weight excluding hydrogens is 396 g/mol. The van der Waals surface area contributed by atoms with Gasteiger partial charge in [0.15, 0.2) is 0 Å². The first-order valence-corrected chi connectivity index (χ1v) is 10.4. The second kappa shape index (κ2) is 8.97. The van der Waals surface area contributed by atoms with Crippen LogP contribution in [0.5, 0.6) is 11.5 Å². The van der Waals surface area contributed by atoms with E-state index in [4.69, 9.17) is 9.47 Å². The minimum Gasteiger partial charge on any atom is -0.497 e. The molecule has 3 aromatic rings. The van der Waals surface area contributed by atoms with Crippen molar-refractivity contribution in [2.75, 3.05) is 14.2 Å². The van der Waals surface area contributed by atoms with Crippen LogP contribution in [0.1, 0.15) is 26.9 Å². The molecule has 0 bridgehead atoms. The van der Waals surface area contributed by atoms with Gasteiger partial charge in [-0.25, -0.2) is 0 Å². The standard InChI is InChI=1S/C24H22N2O3S/c1-28-18-13-14-19(20(15-18)29-2)22(27)26-24-21(16-9-5-3-6-10-16)25-23(30-24)17-11-7-4-8-12-17/h3-15,23,25H,1-2H3,(H,26,27). The number of hydrogen-bond acceptors (Lipinski definition) is 5. The van der Waals surface area contributed by atoms with Crippen molar-refractivity contribution in [1.82, 2.24) is 10.6 Å². The van der Waals surface area contributed by atoms with Crippen molar-refractivity contribution >= 4 is 23.4 Å². The van der Waals surface area contributed by atoms with Crippen LogP contribution in [0.4, 0.5) is 0 Å². The number of hydrogen-bond donors (Lipinski definition) is 2. The highest BCUT2D eigenvalue weighted by Gasteiger charge is 2.28. The van der Waals surface area contributed by atoms with Crippen LogP contribution in [0.3, 0.4) is 0 Å². The second-order valence-electron chi connectivity index (χ2n) is 6.64. The summed E-state index contributed by atoms with van der Waals surface area (Å²) in [7, 11) is 3.12. The van der Waals surface area contributed by atoms with E-state index in [9.17, 15) is 4.79 Å². The van der Waals surface area contributed by atoms with Crippen molar-refractivity contribution in [3.8, 4) is 11.5 Å². The lowest BCUT2D eigenvalue weighted by Gasteiger charge is -2.12. The first kappa shape index (κ1) is 19.9. The van der Waals surface area contributed by atoms with Gasteiger partial charge in [0.1, 0.15) is 21.9 Å². The van der Waals surface area contributed by atoms with Gasteiger partial charge in [-0.1, -0.05) is 72.4 Å². The predicted molar refractivity (Wildman–Crippen MR) is 120 cm³/mol. The zero-order valence-electron chi connectivity index (χ0n) is 16.7. The molecule has 2 N–H and O–H groups in total. The average molecular weight is 419 g/mol. The highest BCUT2D eigenvalue weighted by molar-refractivity contribution is 8.03. The summed E-state index contributed by atoms with van der Waals surface area (Å²) in [5, 5.41) is 7.41. The van der Waals surface area contributed by atoms with Gasteiger partial charge in [0.05, 0.1) is 25.5 Å². The van der Waals surface area contributed by atoms with Crippen molar-refractivity contribution in [1.29, 1.82) is 0 Å². The van der Waals surface area contributed by atoms with Crippen LogP contribution in [0.25, 0.3) is 5.70 Å². The average Bonchev–Trinajstić information content (AvgIpc) is 3.23. The number of methoxy groups -OCH3 is 2. The monoisotopic (exact) mass is 418 g/mol. The summed E-state index contributed by atoms with van der Waals surface area (Å²) < 4.78 is 10.6. The summed E-state index contributed by atoms with van der Waals surface area (Å²) >= 11 is 1.58. The second-order valence-corrected chi connectivity index (χ2v) is 7.76. The Balaban J connectivity index is 1.65. The molecule has 152 valence electrons. The zero-order chi connectivity index (χ0) is 20.9. The lowest BCUT2D eigenvalue weighted by Crippen LogP contribution is -2.22. The van der Waals surface area contributed by atoms with Crippen LogP contribution >= 0.6 is 11.8 Å². The molecule has 3 aromatic carbocycles. The Kier molecular flexibility index (Phi) is 5.95.